The minimum absolute atomic E-state index is 0.170. The van der Waals surface area contributed by atoms with Crippen molar-refractivity contribution in [3.05, 3.63) is 53.9 Å². The summed E-state index contributed by atoms with van der Waals surface area (Å²) in [5.74, 6) is 1.71. The summed E-state index contributed by atoms with van der Waals surface area (Å²) < 4.78 is 16.9. The maximum atomic E-state index is 9.86. The summed E-state index contributed by atoms with van der Waals surface area (Å²) in [6.45, 7) is 1.42. The maximum absolute atomic E-state index is 9.86. The molecule has 0 spiro atoms. The third-order valence-corrected chi connectivity index (χ3v) is 4.59. The van der Waals surface area contributed by atoms with Gasteiger partial charge in [0.15, 0.2) is 0 Å². The summed E-state index contributed by atoms with van der Waals surface area (Å²) in [6, 6.07) is 14.7. The quantitative estimate of drug-likeness (QED) is 0.774. The van der Waals surface area contributed by atoms with Gasteiger partial charge in [-0.15, -0.1) is 0 Å². The van der Waals surface area contributed by atoms with E-state index in [1.807, 2.05) is 30.3 Å². The van der Waals surface area contributed by atoms with Gasteiger partial charge in [0, 0.05) is 23.6 Å². The van der Waals surface area contributed by atoms with E-state index in [9.17, 15) is 5.11 Å². The number of phenolic OH excluding ortho intramolecular Hbond substituents is 1. The lowest BCUT2D eigenvalue weighted by Gasteiger charge is -2.08. The van der Waals surface area contributed by atoms with Gasteiger partial charge >= 0.3 is 0 Å². The fourth-order valence-electron chi connectivity index (χ4n) is 3.17. The molecule has 0 amide bonds. The highest BCUT2D eigenvalue weighted by Crippen LogP contribution is 2.26. The van der Waals surface area contributed by atoms with E-state index in [2.05, 4.69) is 0 Å². The lowest BCUT2D eigenvalue weighted by Crippen LogP contribution is -2.13. The highest BCUT2D eigenvalue weighted by molar-refractivity contribution is 5.80. The van der Waals surface area contributed by atoms with Crippen molar-refractivity contribution in [1.82, 2.24) is 0 Å². The molecule has 134 valence electrons. The number of methoxy groups -OCH3 is 1. The van der Waals surface area contributed by atoms with Crippen LogP contribution in [0.4, 0.5) is 0 Å². The lowest BCUT2D eigenvalue weighted by atomic mass is 10.1. The summed E-state index contributed by atoms with van der Waals surface area (Å²) >= 11 is 0. The van der Waals surface area contributed by atoms with Gasteiger partial charge in [0.25, 0.3) is 0 Å². The van der Waals surface area contributed by atoms with E-state index in [0.29, 0.717) is 12.1 Å². The van der Waals surface area contributed by atoms with Crippen LogP contribution in [0.5, 0.6) is 11.5 Å². The first-order valence-corrected chi connectivity index (χ1v) is 8.76. The fourth-order valence-corrected chi connectivity index (χ4v) is 3.17. The molecule has 1 aliphatic heterocycles. The highest BCUT2D eigenvalue weighted by Gasteiger charge is 2.15. The van der Waals surface area contributed by atoms with E-state index < -0.39 is 0 Å². The van der Waals surface area contributed by atoms with Crippen molar-refractivity contribution in [2.24, 2.45) is 4.99 Å². The predicted molar refractivity (Wildman–Crippen MR) is 99.3 cm³/mol. The molecule has 1 saturated heterocycles. The standard InChI is InChI=1S/C21H21NO4/c1-24-16-7-4-14(5-8-16)21-12-19(22-13-17-3-2-10-25-17)18-11-15(23)6-9-20(18)26-21/h4-9,11-12,17,23H,2-3,10,13H2,1H3/t17-/m1/s1. The Kier molecular flexibility index (Phi) is 4.63. The van der Waals surface area contributed by atoms with E-state index >= 15 is 0 Å². The van der Waals surface area contributed by atoms with Crippen molar-refractivity contribution in [1.29, 1.82) is 0 Å². The summed E-state index contributed by atoms with van der Waals surface area (Å²) in [7, 11) is 1.64. The molecule has 2 aromatic carbocycles. The second-order valence-corrected chi connectivity index (χ2v) is 6.38. The summed E-state index contributed by atoms with van der Waals surface area (Å²) in [4.78, 5) is 4.76. The van der Waals surface area contributed by atoms with Crippen LogP contribution in [0.25, 0.3) is 22.3 Å². The number of hydrogen-bond acceptors (Lipinski definition) is 5. The van der Waals surface area contributed by atoms with Gasteiger partial charge in [0.05, 0.1) is 25.1 Å². The first-order chi connectivity index (χ1) is 12.7. The average molecular weight is 351 g/mol. The first-order valence-electron chi connectivity index (χ1n) is 8.76. The summed E-state index contributed by atoms with van der Waals surface area (Å²) in [5.41, 5.74) is 1.62. The van der Waals surface area contributed by atoms with E-state index in [-0.39, 0.29) is 11.9 Å². The number of hydrogen-bond donors (Lipinski definition) is 1. The van der Waals surface area contributed by atoms with E-state index in [1.165, 1.54) is 0 Å². The number of ether oxygens (including phenoxy) is 2. The number of nitrogens with zero attached hydrogens (tertiary/aromatic N) is 1. The van der Waals surface area contributed by atoms with Gasteiger partial charge in [-0.05, 0) is 55.3 Å². The third-order valence-electron chi connectivity index (χ3n) is 4.59. The van der Waals surface area contributed by atoms with Crippen LogP contribution in [0.1, 0.15) is 12.8 Å². The van der Waals surface area contributed by atoms with Gasteiger partial charge in [-0.3, -0.25) is 4.99 Å². The van der Waals surface area contributed by atoms with Crippen molar-refractivity contribution in [2.75, 3.05) is 20.3 Å². The Labute approximate surface area is 151 Å². The van der Waals surface area contributed by atoms with E-state index in [0.717, 1.165) is 47.3 Å². The predicted octanol–water partition coefficient (Wildman–Crippen LogP) is 3.89. The Hall–Kier alpha value is -2.79. The molecule has 0 unspecified atom stereocenters. The van der Waals surface area contributed by atoms with Crippen LogP contribution >= 0.6 is 0 Å². The molecule has 1 N–H and O–H groups in total. The number of fused-ring (bicyclic) bond motifs is 1. The first kappa shape index (κ1) is 16.7. The molecular weight excluding hydrogens is 330 g/mol. The van der Waals surface area contributed by atoms with Crippen molar-refractivity contribution >= 4 is 11.0 Å². The molecule has 0 saturated carbocycles. The highest BCUT2D eigenvalue weighted by atomic mass is 16.5. The van der Waals surface area contributed by atoms with Gasteiger partial charge in [0.1, 0.15) is 22.8 Å². The van der Waals surface area contributed by atoms with Crippen molar-refractivity contribution in [3.63, 3.8) is 0 Å². The molecule has 1 fully saturated rings. The third kappa shape index (κ3) is 3.44. The second kappa shape index (κ2) is 7.22. The molecule has 5 nitrogen and oxygen atoms in total. The summed E-state index contributed by atoms with van der Waals surface area (Å²) in [5, 5.41) is 11.4. The Bertz CT molecular complexity index is 969. The lowest BCUT2D eigenvalue weighted by molar-refractivity contribution is 0.117. The number of aromatic hydroxyl groups is 1. The molecule has 1 atom stereocenters. The maximum Gasteiger partial charge on any atom is 0.137 e. The van der Waals surface area contributed by atoms with Crippen molar-refractivity contribution < 1.29 is 19.0 Å². The molecule has 0 radical (unpaired) electrons. The Morgan fingerprint density at radius 2 is 2.00 bits per heavy atom. The SMILES string of the molecule is COc1ccc(-c2cc(=NC[C@H]3CCCO3)c3cc(O)ccc3o2)cc1. The smallest absolute Gasteiger partial charge is 0.137 e. The zero-order chi connectivity index (χ0) is 17.9. The van der Waals surface area contributed by atoms with Crippen LogP contribution in [0.15, 0.2) is 57.9 Å². The Morgan fingerprint density at radius 3 is 2.73 bits per heavy atom. The molecule has 2 heterocycles. The van der Waals surface area contributed by atoms with Gasteiger partial charge < -0.3 is 19.0 Å². The number of phenols is 1. The number of rotatable bonds is 4. The normalized spacial score (nSPS) is 17.7. The van der Waals surface area contributed by atoms with Crippen LogP contribution in [0, 0.1) is 0 Å². The van der Waals surface area contributed by atoms with Crippen LogP contribution in [0.2, 0.25) is 0 Å². The fraction of sp³-hybridized carbons (Fsp3) is 0.286. The molecule has 0 aliphatic carbocycles. The van der Waals surface area contributed by atoms with Crippen molar-refractivity contribution in [2.45, 2.75) is 18.9 Å². The van der Waals surface area contributed by atoms with E-state index in [1.54, 1.807) is 25.3 Å². The molecule has 5 heteroatoms. The molecule has 26 heavy (non-hydrogen) atoms. The minimum Gasteiger partial charge on any atom is -0.508 e. The number of benzene rings is 2. The summed E-state index contributed by atoms with van der Waals surface area (Å²) in [6.07, 6.45) is 2.29. The van der Waals surface area contributed by atoms with Crippen molar-refractivity contribution in [3.8, 4) is 22.8 Å². The van der Waals surface area contributed by atoms with Crippen LogP contribution in [-0.4, -0.2) is 31.5 Å². The molecule has 1 aromatic heterocycles. The zero-order valence-electron chi connectivity index (χ0n) is 14.6. The van der Waals surface area contributed by atoms with Gasteiger partial charge in [-0.25, -0.2) is 0 Å². The zero-order valence-corrected chi connectivity index (χ0v) is 14.6. The molecule has 4 rings (SSSR count). The Morgan fingerprint density at radius 1 is 1.15 bits per heavy atom. The van der Waals surface area contributed by atoms with Gasteiger partial charge in [0.2, 0.25) is 0 Å². The Balaban J connectivity index is 1.81. The topological polar surface area (TPSA) is 64.2 Å². The van der Waals surface area contributed by atoms with Crippen LogP contribution < -0.4 is 10.1 Å². The minimum atomic E-state index is 0.170. The molecular formula is C21H21NO4. The van der Waals surface area contributed by atoms with Crippen LogP contribution in [0.3, 0.4) is 0 Å². The second-order valence-electron chi connectivity index (χ2n) is 6.38. The molecule has 1 aliphatic rings. The largest absolute Gasteiger partial charge is 0.508 e. The van der Waals surface area contributed by atoms with Gasteiger partial charge in [-0.2, -0.15) is 0 Å². The monoisotopic (exact) mass is 351 g/mol. The molecule has 3 aromatic rings. The molecule has 0 bridgehead atoms. The average Bonchev–Trinajstić information content (AvgIpc) is 3.20. The van der Waals surface area contributed by atoms with Crippen LogP contribution in [-0.2, 0) is 4.74 Å². The van der Waals surface area contributed by atoms with Gasteiger partial charge in [-0.1, -0.05) is 0 Å². The van der Waals surface area contributed by atoms with E-state index in [4.69, 9.17) is 18.9 Å².